The lowest BCUT2D eigenvalue weighted by molar-refractivity contribution is -0.142. The maximum Gasteiger partial charge on any atom is 0.251 e. The quantitative estimate of drug-likeness (QED) is 0.797. The van der Waals surface area contributed by atoms with Crippen molar-refractivity contribution in [1.29, 1.82) is 0 Å². The van der Waals surface area contributed by atoms with Gasteiger partial charge in [-0.05, 0) is 25.7 Å². The number of carbonyl (C=O) groups excluding carboxylic acids is 2. The number of nitrogens with zero attached hydrogens (tertiary/aromatic N) is 2. The van der Waals surface area contributed by atoms with Gasteiger partial charge < -0.3 is 9.64 Å². The first-order valence-corrected chi connectivity index (χ1v) is 7.98. The highest BCUT2D eigenvalue weighted by atomic mass is 32.1. The molecule has 0 aromatic carbocycles. The molecule has 0 bridgehead atoms. The lowest BCUT2D eigenvalue weighted by Gasteiger charge is -2.32. The number of ether oxygens (including phenoxy) is 1. The van der Waals surface area contributed by atoms with Gasteiger partial charge in [0.25, 0.3) is 5.91 Å². The lowest BCUT2D eigenvalue weighted by Crippen LogP contribution is -2.44. The largest absolute Gasteiger partial charge is 0.368 e. The number of carbonyl (C=O) groups is 2. The van der Waals surface area contributed by atoms with Gasteiger partial charge in [0.2, 0.25) is 0 Å². The molecule has 1 amide bonds. The summed E-state index contributed by atoms with van der Waals surface area (Å²) < 4.78 is 5.43. The number of likely N-dealkylation sites (tertiary alicyclic amines) is 1. The highest BCUT2D eigenvalue weighted by Crippen LogP contribution is 2.24. The normalized spacial score (nSPS) is 24.0. The Morgan fingerprint density at radius 2 is 2.10 bits per heavy atom. The highest BCUT2D eigenvalue weighted by Gasteiger charge is 2.33. The van der Waals surface area contributed by atoms with Gasteiger partial charge in [-0.25, -0.2) is 4.98 Å². The van der Waals surface area contributed by atoms with Crippen molar-refractivity contribution in [3.05, 3.63) is 16.6 Å². The molecule has 0 unspecified atom stereocenters. The van der Waals surface area contributed by atoms with Crippen LogP contribution < -0.4 is 0 Å². The summed E-state index contributed by atoms with van der Waals surface area (Å²) in [5.74, 6) is 0.238. The van der Waals surface area contributed by atoms with Crippen LogP contribution in [0.25, 0.3) is 0 Å². The number of amides is 1. The number of piperidine rings is 1. The highest BCUT2D eigenvalue weighted by molar-refractivity contribution is 7.11. The van der Waals surface area contributed by atoms with Crippen LogP contribution in [0.15, 0.2) is 11.6 Å². The van der Waals surface area contributed by atoms with Crippen LogP contribution in [-0.4, -0.2) is 47.4 Å². The molecule has 1 aromatic rings. The van der Waals surface area contributed by atoms with Crippen molar-refractivity contribution in [3.8, 4) is 0 Å². The molecule has 2 saturated heterocycles. The minimum atomic E-state index is -0.249. The van der Waals surface area contributed by atoms with Gasteiger partial charge in [-0.3, -0.25) is 9.59 Å². The van der Waals surface area contributed by atoms with Crippen LogP contribution in [0.4, 0.5) is 0 Å². The van der Waals surface area contributed by atoms with E-state index < -0.39 is 0 Å². The lowest BCUT2D eigenvalue weighted by atomic mass is 9.92. The Morgan fingerprint density at radius 3 is 2.70 bits per heavy atom. The summed E-state index contributed by atoms with van der Waals surface area (Å²) in [5, 5.41) is 2.41. The Balaban J connectivity index is 1.54. The molecule has 5 nitrogen and oxygen atoms in total. The Kier molecular flexibility index (Phi) is 4.12. The first-order valence-electron chi connectivity index (χ1n) is 7.10. The van der Waals surface area contributed by atoms with Crippen LogP contribution in [0.1, 0.15) is 35.5 Å². The van der Waals surface area contributed by atoms with E-state index in [1.165, 1.54) is 11.3 Å². The third kappa shape index (κ3) is 2.76. The predicted molar refractivity (Wildman–Crippen MR) is 74.7 cm³/mol. The minimum absolute atomic E-state index is 0.00898. The molecule has 2 aliphatic heterocycles. The molecule has 3 heterocycles. The number of Topliss-reactive ketones (excluding diaryl/α,β-unsaturated/α-hetero) is 1. The van der Waals surface area contributed by atoms with Gasteiger partial charge >= 0.3 is 0 Å². The maximum atomic E-state index is 12.2. The molecule has 20 heavy (non-hydrogen) atoms. The third-order valence-corrected chi connectivity index (χ3v) is 4.81. The maximum absolute atomic E-state index is 12.2. The minimum Gasteiger partial charge on any atom is -0.368 e. The zero-order valence-corrected chi connectivity index (χ0v) is 12.1. The van der Waals surface area contributed by atoms with E-state index in [0.717, 1.165) is 25.7 Å². The van der Waals surface area contributed by atoms with Crippen molar-refractivity contribution in [1.82, 2.24) is 9.88 Å². The van der Waals surface area contributed by atoms with Crippen LogP contribution in [0.5, 0.6) is 0 Å². The van der Waals surface area contributed by atoms with Gasteiger partial charge in [0.05, 0.1) is 0 Å². The van der Waals surface area contributed by atoms with Crippen molar-refractivity contribution >= 4 is 23.0 Å². The van der Waals surface area contributed by atoms with E-state index >= 15 is 0 Å². The number of ketones is 1. The Labute approximate surface area is 121 Å². The monoisotopic (exact) mass is 294 g/mol. The van der Waals surface area contributed by atoms with Crippen LogP contribution in [-0.2, 0) is 9.53 Å². The van der Waals surface area contributed by atoms with E-state index in [1.54, 1.807) is 6.20 Å². The predicted octanol–water partition coefficient (Wildman–Crippen LogP) is 1.74. The second-order valence-electron chi connectivity index (χ2n) is 5.30. The van der Waals surface area contributed by atoms with Crippen molar-refractivity contribution in [2.24, 2.45) is 5.92 Å². The molecular formula is C14H18N2O3S. The molecule has 2 aliphatic rings. The molecule has 0 aliphatic carbocycles. The number of aromatic nitrogens is 1. The Hall–Kier alpha value is -1.27. The Morgan fingerprint density at radius 1 is 1.30 bits per heavy atom. The Bertz CT molecular complexity index is 475. The van der Waals surface area contributed by atoms with E-state index in [4.69, 9.17) is 4.74 Å². The molecule has 0 spiro atoms. The summed E-state index contributed by atoms with van der Waals surface area (Å²) >= 11 is 1.39. The number of thiazole rings is 1. The van der Waals surface area contributed by atoms with Gasteiger partial charge in [0.15, 0.2) is 10.8 Å². The second kappa shape index (κ2) is 6.01. The first kappa shape index (κ1) is 13.7. The fourth-order valence-corrected chi connectivity index (χ4v) is 3.51. The number of rotatable bonds is 3. The summed E-state index contributed by atoms with van der Waals surface area (Å²) in [7, 11) is 0. The zero-order chi connectivity index (χ0) is 13.9. The molecular weight excluding hydrogens is 276 g/mol. The molecule has 0 N–H and O–H groups in total. The van der Waals surface area contributed by atoms with E-state index in [0.29, 0.717) is 24.7 Å². The van der Waals surface area contributed by atoms with Gasteiger partial charge in [-0.2, -0.15) is 0 Å². The number of hydrogen-bond acceptors (Lipinski definition) is 5. The van der Waals surface area contributed by atoms with Gasteiger partial charge in [0.1, 0.15) is 6.10 Å². The molecule has 0 saturated carbocycles. The summed E-state index contributed by atoms with van der Waals surface area (Å²) in [5.41, 5.74) is 0. The average Bonchev–Trinajstić information content (AvgIpc) is 3.18. The van der Waals surface area contributed by atoms with Crippen LogP contribution in [0.3, 0.4) is 0 Å². The van der Waals surface area contributed by atoms with Crippen LogP contribution in [0, 0.1) is 5.92 Å². The van der Waals surface area contributed by atoms with Gasteiger partial charge in [0, 0.05) is 37.2 Å². The van der Waals surface area contributed by atoms with E-state index in [2.05, 4.69) is 4.98 Å². The number of hydrogen-bond donors (Lipinski definition) is 0. The standard InChI is InChI=1S/C14H18N2O3S/c17-12(13-15-5-9-20-13)10-3-6-16(7-4-10)14(18)11-2-1-8-19-11/h5,9-11H,1-4,6-8H2/t11-/m0/s1. The van der Waals surface area contributed by atoms with E-state index in [9.17, 15) is 9.59 Å². The third-order valence-electron chi connectivity index (χ3n) is 4.03. The van der Waals surface area contributed by atoms with Gasteiger partial charge in [-0.1, -0.05) is 0 Å². The van der Waals surface area contributed by atoms with E-state index in [1.807, 2.05) is 10.3 Å². The molecule has 0 radical (unpaired) electrons. The van der Waals surface area contributed by atoms with Gasteiger partial charge in [-0.15, -0.1) is 11.3 Å². The topological polar surface area (TPSA) is 59.5 Å². The molecule has 6 heteroatoms. The summed E-state index contributed by atoms with van der Waals surface area (Å²) in [4.78, 5) is 30.4. The van der Waals surface area contributed by atoms with E-state index in [-0.39, 0.29) is 23.7 Å². The van der Waals surface area contributed by atoms with Crippen LogP contribution in [0.2, 0.25) is 0 Å². The van der Waals surface area contributed by atoms with Crippen LogP contribution >= 0.6 is 11.3 Å². The molecule has 2 fully saturated rings. The van der Waals surface area contributed by atoms with Crippen molar-refractivity contribution in [3.63, 3.8) is 0 Å². The van der Waals surface area contributed by atoms with Crippen molar-refractivity contribution in [2.45, 2.75) is 31.8 Å². The van der Waals surface area contributed by atoms with Crippen molar-refractivity contribution < 1.29 is 14.3 Å². The molecule has 108 valence electrons. The van der Waals surface area contributed by atoms with Crippen molar-refractivity contribution in [2.75, 3.05) is 19.7 Å². The second-order valence-corrected chi connectivity index (χ2v) is 6.20. The molecule has 1 aromatic heterocycles. The summed E-state index contributed by atoms with van der Waals surface area (Å²) in [6, 6.07) is 0. The fraction of sp³-hybridized carbons (Fsp3) is 0.643. The summed E-state index contributed by atoms with van der Waals surface area (Å²) in [6.45, 7) is 2.00. The summed E-state index contributed by atoms with van der Waals surface area (Å²) in [6.07, 6.45) is 4.68. The fourth-order valence-electron chi connectivity index (χ4n) is 2.86. The average molecular weight is 294 g/mol. The zero-order valence-electron chi connectivity index (χ0n) is 11.3. The first-order chi connectivity index (χ1) is 9.75. The molecule has 3 rings (SSSR count). The smallest absolute Gasteiger partial charge is 0.251 e. The SMILES string of the molecule is O=C(c1nccs1)C1CCN(C(=O)[C@@H]2CCCO2)CC1. The molecule has 1 atom stereocenters.